The fourth-order valence-electron chi connectivity index (χ4n) is 2.32. The molecule has 0 bridgehead atoms. The molecule has 1 heterocycles. The van der Waals surface area contributed by atoms with Crippen LogP contribution in [0.2, 0.25) is 0 Å². The first kappa shape index (κ1) is 11.3. The molecule has 0 fully saturated rings. The number of aryl methyl sites for hydroxylation is 1. The molecule has 0 amide bonds. The van der Waals surface area contributed by atoms with Crippen LogP contribution < -0.4 is 10.6 Å². The van der Waals surface area contributed by atoms with Crippen LogP contribution in [0.15, 0.2) is 18.2 Å². The average molecular weight is 220 g/mol. The average Bonchev–Trinajstić information content (AvgIpc) is 2.28. The van der Waals surface area contributed by atoms with Crippen LogP contribution in [0.5, 0.6) is 0 Å². The Hall–Kier alpha value is -1.22. The maximum atomic E-state index is 9.11. The molecule has 0 aromatic heterocycles. The Balaban J connectivity index is 2.19. The van der Waals surface area contributed by atoms with Gasteiger partial charge in [0.2, 0.25) is 0 Å². The Morgan fingerprint density at radius 3 is 3.06 bits per heavy atom. The summed E-state index contributed by atoms with van der Waals surface area (Å²) in [4.78, 5) is 2.36. The van der Waals surface area contributed by atoms with Crippen LogP contribution in [0, 0.1) is 5.92 Å². The van der Waals surface area contributed by atoms with Crippen molar-refractivity contribution in [3.8, 4) is 0 Å². The summed E-state index contributed by atoms with van der Waals surface area (Å²) < 4.78 is 0. The summed E-state index contributed by atoms with van der Waals surface area (Å²) in [5, 5.41) is 9.11. The highest BCUT2D eigenvalue weighted by atomic mass is 16.3. The van der Waals surface area contributed by atoms with Crippen molar-refractivity contribution in [3.05, 3.63) is 23.8 Å². The maximum Gasteiger partial charge on any atom is 0.0473 e. The standard InChI is InChI=1S/C13H20N2O/c1-10(9-16)8-15-6-2-3-11-7-12(14)4-5-13(11)15/h4-5,7,10,16H,2-3,6,8-9,14H2,1H3. The van der Waals surface area contributed by atoms with Crippen LogP contribution in [0.3, 0.4) is 0 Å². The highest BCUT2D eigenvalue weighted by molar-refractivity contribution is 5.61. The van der Waals surface area contributed by atoms with Crippen molar-refractivity contribution >= 4 is 11.4 Å². The molecule has 1 aliphatic rings. The second kappa shape index (κ2) is 4.74. The summed E-state index contributed by atoms with van der Waals surface area (Å²) in [6.45, 7) is 4.33. The van der Waals surface area contributed by atoms with E-state index in [-0.39, 0.29) is 6.61 Å². The van der Waals surface area contributed by atoms with Gasteiger partial charge in [-0.25, -0.2) is 0 Å². The normalized spacial score (nSPS) is 17.0. The first-order valence-corrected chi connectivity index (χ1v) is 5.95. The molecule has 3 N–H and O–H groups in total. The van der Waals surface area contributed by atoms with E-state index in [0.717, 1.165) is 25.2 Å². The zero-order valence-corrected chi connectivity index (χ0v) is 9.82. The molecule has 0 radical (unpaired) electrons. The van der Waals surface area contributed by atoms with Gasteiger partial charge in [-0.05, 0) is 42.5 Å². The van der Waals surface area contributed by atoms with Crippen molar-refractivity contribution in [1.29, 1.82) is 0 Å². The second-order valence-corrected chi connectivity index (χ2v) is 4.73. The monoisotopic (exact) mass is 220 g/mol. The van der Waals surface area contributed by atoms with Gasteiger partial charge in [0.05, 0.1) is 0 Å². The summed E-state index contributed by atoms with van der Waals surface area (Å²) in [6.07, 6.45) is 2.29. The smallest absolute Gasteiger partial charge is 0.0473 e. The van der Waals surface area contributed by atoms with Crippen LogP contribution in [0.4, 0.5) is 11.4 Å². The van der Waals surface area contributed by atoms with Crippen LogP contribution in [-0.4, -0.2) is 24.8 Å². The van der Waals surface area contributed by atoms with Crippen molar-refractivity contribution < 1.29 is 5.11 Å². The number of benzene rings is 1. The Morgan fingerprint density at radius 1 is 1.50 bits per heavy atom. The molecule has 1 aliphatic heterocycles. The highest BCUT2D eigenvalue weighted by Crippen LogP contribution is 2.29. The van der Waals surface area contributed by atoms with Gasteiger partial charge in [0, 0.05) is 31.1 Å². The predicted octanol–water partition coefficient (Wildman–Crippen LogP) is 1.65. The largest absolute Gasteiger partial charge is 0.399 e. The van der Waals surface area contributed by atoms with Crippen molar-refractivity contribution in [1.82, 2.24) is 0 Å². The van der Waals surface area contributed by atoms with Gasteiger partial charge in [-0.1, -0.05) is 6.92 Å². The van der Waals surface area contributed by atoms with Crippen LogP contribution in [0.25, 0.3) is 0 Å². The number of hydrogen-bond acceptors (Lipinski definition) is 3. The van der Waals surface area contributed by atoms with E-state index in [1.54, 1.807) is 0 Å². The molecular formula is C13H20N2O. The third-order valence-electron chi connectivity index (χ3n) is 3.16. The van der Waals surface area contributed by atoms with Crippen molar-refractivity contribution in [2.75, 3.05) is 30.3 Å². The van der Waals surface area contributed by atoms with Gasteiger partial charge in [-0.3, -0.25) is 0 Å². The van der Waals surface area contributed by atoms with Gasteiger partial charge >= 0.3 is 0 Å². The highest BCUT2D eigenvalue weighted by Gasteiger charge is 2.18. The second-order valence-electron chi connectivity index (χ2n) is 4.73. The van der Waals surface area contributed by atoms with Crippen LogP contribution in [-0.2, 0) is 6.42 Å². The van der Waals surface area contributed by atoms with Gasteiger partial charge < -0.3 is 15.7 Å². The molecule has 0 spiro atoms. The number of nitrogens with zero attached hydrogens (tertiary/aromatic N) is 1. The molecule has 16 heavy (non-hydrogen) atoms. The number of hydrogen-bond donors (Lipinski definition) is 2. The lowest BCUT2D eigenvalue weighted by molar-refractivity contribution is 0.239. The van der Waals surface area contributed by atoms with Crippen molar-refractivity contribution in [2.45, 2.75) is 19.8 Å². The molecule has 0 aliphatic carbocycles. The molecule has 1 atom stereocenters. The minimum absolute atomic E-state index is 0.251. The molecule has 3 nitrogen and oxygen atoms in total. The maximum absolute atomic E-state index is 9.11. The molecule has 1 unspecified atom stereocenters. The molecule has 1 aromatic rings. The summed E-state index contributed by atoms with van der Waals surface area (Å²) in [5.41, 5.74) is 9.28. The predicted molar refractivity (Wildman–Crippen MR) is 67.6 cm³/mol. The van der Waals surface area contributed by atoms with E-state index >= 15 is 0 Å². The van der Waals surface area contributed by atoms with E-state index < -0.39 is 0 Å². The number of nitrogens with two attached hydrogens (primary N) is 1. The molecular weight excluding hydrogens is 200 g/mol. The van der Waals surface area contributed by atoms with E-state index in [1.807, 2.05) is 6.07 Å². The van der Waals surface area contributed by atoms with Crippen LogP contribution in [0.1, 0.15) is 18.9 Å². The lowest BCUT2D eigenvalue weighted by Crippen LogP contribution is -2.34. The minimum atomic E-state index is 0.251. The molecule has 0 saturated heterocycles. The number of rotatable bonds is 3. The number of aliphatic hydroxyl groups is 1. The number of nitrogen functional groups attached to an aromatic ring is 1. The molecule has 3 heteroatoms. The lowest BCUT2D eigenvalue weighted by Gasteiger charge is -2.33. The van der Waals surface area contributed by atoms with E-state index in [4.69, 9.17) is 10.8 Å². The Bertz CT molecular complexity index is 365. The van der Waals surface area contributed by atoms with Crippen molar-refractivity contribution in [2.24, 2.45) is 5.92 Å². The van der Waals surface area contributed by atoms with E-state index in [1.165, 1.54) is 17.7 Å². The van der Waals surface area contributed by atoms with E-state index in [2.05, 4.69) is 24.0 Å². The van der Waals surface area contributed by atoms with E-state index in [0.29, 0.717) is 5.92 Å². The number of anilines is 2. The van der Waals surface area contributed by atoms with E-state index in [9.17, 15) is 0 Å². The zero-order chi connectivity index (χ0) is 11.5. The van der Waals surface area contributed by atoms with Gasteiger partial charge in [-0.15, -0.1) is 0 Å². The first-order chi connectivity index (χ1) is 7.70. The zero-order valence-electron chi connectivity index (χ0n) is 9.82. The molecule has 2 rings (SSSR count). The lowest BCUT2D eigenvalue weighted by atomic mass is 10.00. The molecule has 88 valence electrons. The molecule has 1 aromatic carbocycles. The summed E-state index contributed by atoms with van der Waals surface area (Å²) >= 11 is 0. The number of aliphatic hydroxyl groups excluding tert-OH is 1. The number of fused-ring (bicyclic) bond motifs is 1. The van der Waals surface area contributed by atoms with Gasteiger partial charge in [0.1, 0.15) is 0 Å². The Morgan fingerprint density at radius 2 is 2.31 bits per heavy atom. The fraction of sp³-hybridized carbons (Fsp3) is 0.538. The van der Waals surface area contributed by atoms with Gasteiger partial charge in [-0.2, -0.15) is 0 Å². The fourth-order valence-corrected chi connectivity index (χ4v) is 2.32. The summed E-state index contributed by atoms with van der Waals surface area (Å²) in [6, 6.07) is 6.14. The summed E-state index contributed by atoms with van der Waals surface area (Å²) in [5.74, 6) is 0.323. The first-order valence-electron chi connectivity index (χ1n) is 5.95. The quantitative estimate of drug-likeness (QED) is 0.761. The minimum Gasteiger partial charge on any atom is -0.399 e. The van der Waals surface area contributed by atoms with Gasteiger partial charge in [0.15, 0.2) is 0 Å². The Labute approximate surface area is 96.9 Å². The third kappa shape index (κ3) is 2.30. The molecule has 0 saturated carbocycles. The Kier molecular flexibility index (Phi) is 3.34. The van der Waals surface area contributed by atoms with Gasteiger partial charge in [0.25, 0.3) is 0 Å². The van der Waals surface area contributed by atoms with Crippen molar-refractivity contribution in [3.63, 3.8) is 0 Å². The van der Waals surface area contributed by atoms with Crippen LogP contribution >= 0.6 is 0 Å². The topological polar surface area (TPSA) is 49.5 Å². The third-order valence-corrected chi connectivity index (χ3v) is 3.16. The SMILES string of the molecule is CC(CO)CN1CCCc2cc(N)ccc21. The summed E-state index contributed by atoms with van der Waals surface area (Å²) in [7, 11) is 0.